The number of ketones is 1. The summed E-state index contributed by atoms with van der Waals surface area (Å²) in [5.74, 6) is -0.163. The van der Waals surface area contributed by atoms with Crippen LogP contribution in [0.2, 0.25) is 0 Å². The summed E-state index contributed by atoms with van der Waals surface area (Å²) >= 11 is 0. The molecule has 7 heteroatoms. The number of hydrogen-bond acceptors (Lipinski definition) is 5. The van der Waals surface area contributed by atoms with Crippen molar-refractivity contribution in [1.82, 2.24) is 0 Å². The average molecular weight is 527 g/mol. The number of carboxylic acid groups (broad SMARTS) is 1. The second-order valence-electron chi connectivity index (χ2n) is 11.2. The Morgan fingerprint density at radius 2 is 1.85 bits per heavy atom. The maximum Gasteiger partial charge on any atom is 0.335 e. The predicted molar refractivity (Wildman–Crippen MR) is 151 cm³/mol. The monoisotopic (exact) mass is 526 g/mol. The number of furan rings is 1. The number of carbonyl (C=O) groups is 3. The SMILES string of the molecule is CCCCCC(=O)N1c2ccccc2NC2=C(C(=O)CC(C)(C)C2)C1c1ccc(-c2cccc(C(=O)O)c2)o1. The summed E-state index contributed by atoms with van der Waals surface area (Å²) in [5, 5.41) is 13.0. The van der Waals surface area contributed by atoms with Gasteiger partial charge in [0.1, 0.15) is 17.6 Å². The van der Waals surface area contributed by atoms with Crippen molar-refractivity contribution >= 4 is 29.0 Å². The van der Waals surface area contributed by atoms with Crippen LogP contribution in [0.4, 0.5) is 11.4 Å². The van der Waals surface area contributed by atoms with Crippen molar-refractivity contribution in [3.8, 4) is 11.3 Å². The summed E-state index contributed by atoms with van der Waals surface area (Å²) in [4.78, 5) is 41.0. The van der Waals surface area contributed by atoms with Gasteiger partial charge in [-0.05, 0) is 54.7 Å². The van der Waals surface area contributed by atoms with Crippen molar-refractivity contribution in [2.45, 2.75) is 65.3 Å². The Hall–Kier alpha value is -4.13. The highest BCUT2D eigenvalue weighted by atomic mass is 16.4. The van der Waals surface area contributed by atoms with Gasteiger partial charge in [0.05, 0.1) is 16.9 Å². The quantitative estimate of drug-likeness (QED) is 0.312. The number of hydrogen-bond donors (Lipinski definition) is 2. The van der Waals surface area contributed by atoms with Crippen LogP contribution >= 0.6 is 0 Å². The fourth-order valence-corrected chi connectivity index (χ4v) is 5.64. The molecule has 1 aliphatic carbocycles. The van der Waals surface area contributed by atoms with Gasteiger partial charge < -0.3 is 14.8 Å². The van der Waals surface area contributed by atoms with Gasteiger partial charge in [0.2, 0.25) is 5.91 Å². The summed E-state index contributed by atoms with van der Waals surface area (Å²) in [6, 6.07) is 17.0. The third-order valence-corrected chi connectivity index (χ3v) is 7.45. The molecular weight excluding hydrogens is 492 g/mol. The van der Waals surface area contributed by atoms with E-state index in [9.17, 15) is 19.5 Å². The lowest BCUT2D eigenvalue weighted by Gasteiger charge is -2.36. The maximum atomic E-state index is 13.9. The number of carboxylic acids is 1. The standard InChI is InChI=1S/C32H34N2O5/c1-4-5-6-14-28(36)34-24-13-8-7-12-22(24)33-23-18-32(2,3)19-25(35)29(23)30(34)27-16-15-26(39-27)20-10-9-11-21(17-20)31(37)38/h7-13,15-17,30,33H,4-6,14,18-19H2,1-3H3,(H,37,38). The molecule has 1 aliphatic heterocycles. The van der Waals surface area contributed by atoms with Crippen LogP contribution in [-0.2, 0) is 9.59 Å². The van der Waals surface area contributed by atoms with E-state index in [1.165, 1.54) is 6.07 Å². The van der Waals surface area contributed by atoms with Crippen molar-refractivity contribution in [3.63, 3.8) is 0 Å². The fourth-order valence-electron chi connectivity index (χ4n) is 5.64. The number of aromatic carboxylic acids is 1. The summed E-state index contributed by atoms with van der Waals surface area (Å²) in [6.45, 7) is 6.26. The van der Waals surface area contributed by atoms with E-state index in [1.807, 2.05) is 24.3 Å². The molecule has 1 aromatic heterocycles. The molecule has 3 aromatic rings. The number of allylic oxidation sites excluding steroid dienone is 1. The van der Waals surface area contributed by atoms with Crippen LogP contribution in [0.1, 0.15) is 81.5 Å². The number of para-hydroxylation sites is 2. The molecule has 0 bridgehead atoms. The molecule has 0 saturated heterocycles. The zero-order valence-corrected chi connectivity index (χ0v) is 22.6. The number of carbonyl (C=O) groups excluding carboxylic acids is 2. The van der Waals surface area contributed by atoms with Gasteiger partial charge in [-0.3, -0.25) is 14.5 Å². The Labute approximate surface area is 228 Å². The number of rotatable bonds is 7. The first-order valence-corrected chi connectivity index (χ1v) is 13.6. The molecule has 0 spiro atoms. The van der Waals surface area contributed by atoms with E-state index in [4.69, 9.17) is 4.42 Å². The van der Waals surface area contributed by atoms with Gasteiger partial charge in [-0.15, -0.1) is 0 Å². The van der Waals surface area contributed by atoms with Gasteiger partial charge in [-0.2, -0.15) is 0 Å². The van der Waals surface area contributed by atoms with Crippen LogP contribution in [-0.4, -0.2) is 22.8 Å². The molecule has 0 radical (unpaired) electrons. The molecule has 5 rings (SSSR count). The molecule has 39 heavy (non-hydrogen) atoms. The molecule has 0 saturated carbocycles. The lowest BCUT2D eigenvalue weighted by atomic mass is 9.74. The maximum absolute atomic E-state index is 13.9. The Kier molecular flexibility index (Phi) is 7.17. The van der Waals surface area contributed by atoms with Crippen molar-refractivity contribution in [2.75, 3.05) is 10.2 Å². The second kappa shape index (κ2) is 10.6. The zero-order valence-electron chi connectivity index (χ0n) is 22.6. The van der Waals surface area contributed by atoms with Gasteiger partial charge in [-0.1, -0.05) is 57.9 Å². The van der Waals surface area contributed by atoms with E-state index in [2.05, 4.69) is 26.1 Å². The highest BCUT2D eigenvalue weighted by Crippen LogP contribution is 2.49. The highest BCUT2D eigenvalue weighted by molar-refractivity contribution is 6.06. The van der Waals surface area contributed by atoms with Crippen molar-refractivity contribution in [2.24, 2.45) is 5.41 Å². The Morgan fingerprint density at radius 1 is 1.05 bits per heavy atom. The number of Topliss-reactive ketones (excluding diaryl/α,β-unsaturated/α-hetero) is 1. The molecule has 202 valence electrons. The number of fused-ring (bicyclic) bond motifs is 1. The summed E-state index contributed by atoms with van der Waals surface area (Å²) < 4.78 is 6.37. The van der Waals surface area contributed by atoms with Gasteiger partial charge in [0.15, 0.2) is 5.78 Å². The normalized spacial score (nSPS) is 18.2. The lowest BCUT2D eigenvalue weighted by Crippen LogP contribution is -2.39. The second-order valence-corrected chi connectivity index (χ2v) is 11.2. The van der Waals surface area contributed by atoms with Crippen LogP contribution in [0.25, 0.3) is 11.3 Å². The van der Waals surface area contributed by atoms with E-state index in [0.717, 1.165) is 30.6 Å². The summed E-state index contributed by atoms with van der Waals surface area (Å²) in [5.41, 5.74) is 3.38. The lowest BCUT2D eigenvalue weighted by molar-refractivity contribution is -0.119. The zero-order chi connectivity index (χ0) is 27.7. The molecular formula is C32H34N2O5. The first-order valence-electron chi connectivity index (χ1n) is 13.6. The topological polar surface area (TPSA) is 99.9 Å². The molecule has 2 aromatic carbocycles. The third kappa shape index (κ3) is 5.26. The largest absolute Gasteiger partial charge is 0.478 e. The number of unbranched alkanes of at least 4 members (excludes halogenated alkanes) is 2. The van der Waals surface area contributed by atoms with Gasteiger partial charge in [0, 0.05) is 29.7 Å². The van der Waals surface area contributed by atoms with Crippen LogP contribution in [0.5, 0.6) is 0 Å². The Bertz CT molecular complexity index is 1460. The Balaban J connectivity index is 1.68. The number of benzene rings is 2. The average Bonchev–Trinajstić information content (AvgIpc) is 3.33. The highest BCUT2D eigenvalue weighted by Gasteiger charge is 2.44. The van der Waals surface area contributed by atoms with E-state index in [-0.39, 0.29) is 22.7 Å². The molecule has 1 unspecified atom stereocenters. The van der Waals surface area contributed by atoms with Gasteiger partial charge in [-0.25, -0.2) is 4.79 Å². The number of anilines is 2. The molecule has 2 N–H and O–H groups in total. The van der Waals surface area contributed by atoms with E-state index >= 15 is 0 Å². The molecule has 2 aliphatic rings. The number of nitrogens with one attached hydrogen (secondary N) is 1. The minimum absolute atomic E-state index is 0.0104. The molecule has 1 atom stereocenters. The molecule has 7 nitrogen and oxygen atoms in total. The first-order chi connectivity index (χ1) is 18.7. The van der Waals surface area contributed by atoms with Crippen LogP contribution in [0, 0.1) is 5.41 Å². The van der Waals surface area contributed by atoms with Gasteiger partial charge >= 0.3 is 5.97 Å². The van der Waals surface area contributed by atoms with Crippen molar-refractivity contribution in [1.29, 1.82) is 0 Å². The first kappa shape index (κ1) is 26.5. The van der Waals surface area contributed by atoms with Crippen LogP contribution in [0.15, 0.2) is 76.4 Å². The van der Waals surface area contributed by atoms with E-state index in [1.54, 1.807) is 35.2 Å². The molecule has 1 amide bonds. The van der Waals surface area contributed by atoms with Crippen molar-refractivity contribution in [3.05, 3.63) is 83.3 Å². The number of nitrogens with zero attached hydrogens (tertiary/aromatic N) is 1. The Morgan fingerprint density at radius 3 is 2.62 bits per heavy atom. The van der Waals surface area contributed by atoms with Crippen LogP contribution in [0.3, 0.4) is 0 Å². The van der Waals surface area contributed by atoms with E-state index < -0.39 is 12.0 Å². The van der Waals surface area contributed by atoms with Crippen molar-refractivity contribution < 1.29 is 23.9 Å². The predicted octanol–water partition coefficient (Wildman–Crippen LogP) is 7.37. The molecule has 0 fully saturated rings. The van der Waals surface area contributed by atoms with Gasteiger partial charge in [0.25, 0.3) is 0 Å². The minimum Gasteiger partial charge on any atom is -0.478 e. The summed E-state index contributed by atoms with van der Waals surface area (Å²) in [6.07, 6.45) is 4.07. The van der Waals surface area contributed by atoms with E-state index in [0.29, 0.717) is 47.6 Å². The summed E-state index contributed by atoms with van der Waals surface area (Å²) in [7, 11) is 0. The molecule has 2 heterocycles. The minimum atomic E-state index is -1.02. The fraction of sp³-hybridized carbons (Fsp3) is 0.344. The van der Waals surface area contributed by atoms with Crippen LogP contribution < -0.4 is 10.2 Å². The smallest absolute Gasteiger partial charge is 0.335 e. The third-order valence-electron chi connectivity index (χ3n) is 7.45. The number of amides is 1.